The summed E-state index contributed by atoms with van der Waals surface area (Å²) in [6, 6.07) is 0.518. The highest BCUT2D eigenvalue weighted by atomic mass is 14.9. The monoisotopic (exact) mass is 172 g/mol. The average molecular weight is 172 g/mol. The van der Waals surface area contributed by atoms with Crippen molar-refractivity contribution in [2.45, 2.75) is 46.1 Å². The van der Waals surface area contributed by atoms with Gasteiger partial charge < -0.3 is 11.1 Å². The Morgan fingerprint density at radius 1 is 1.25 bits per heavy atom. The normalized spacial score (nSPS) is 16.0. The van der Waals surface area contributed by atoms with E-state index in [2.05, 4.69) is 26.1 Å². The topological polar surface area (TPSA) is 38.0 Å². The van der Waals surface area contributed by atoms with Crippen LogP contribution in [-0.4, -0.2) is 19.1 Å². The van der Waals surface area contributed by atoms with Gasteiger partial charge in [-0.1, -0.05) is 27.2 Å². The van der Waals surface area contributed by atoms with Crippen LogP contribution in [0.15, 0.2) is 0 Å². The average Bonchev–Trinajstić information content (AvgIpc) is 2.06. The maximum Gasteiger partial charge on any atom is 0.0215 e. The van der Waals surface area contributed by atoms with Gasteiger partial charge in [-0.05, 0) is 25.3 Å². The Kier molecular flexibility index (Phi) is 7.51. The highest BCUT2D eigenvalue weighted by Crippen LogP contribution is 2.09. The maximum atomic E-state index is 5.68. The van der Waals surface area contributed by atoms with Crippen LogP contribution in [0.2, 0.25) is 0 Å². The first-order chi connectivity index (χ1) is 5.76. The van der Waals surface area contributed by atoms with Crippen LogP contribution in [0.5, 0.6) is 0 Å². The zero-order valence-corrected chi connectivity index (χ0v) is 8.77. The van der Waals surface area contributed by atoms with Crippen molar-refractivity contribution < 1.29 is 0 Å². The highest BCUT2D eigenvalue weighted by molar-refractivity contribution is 4.73. The second-order valence-corrected chi connectivity index (χ2v) is 3.56. The molecule has 0 aliphatic rings. The Balaban J connectivity index is 3.62. The summed E-state index contributed by atoms with van der Waals surface area (Å²) >= 11 is 0. The van der Waals surface area contributed by atoms with E-state index in [1.54, 1.807) is 0 Å². The summed E-state index contributed by atoms with van der Waals surface area (Å²) in [5.41, 5.74) is 5.68. The predicted octanol–water partition coefficient (Wildman–Crippen LogP) is 1.75. The predicted molar refractivity (Wildman–Crippen MR) is 55.2 cm³/mol. The van der Waals surface area contributed by atoms with Gasteiger partial charge in [0.2, 0.25) is 0 Å². The molecule has 0 radical (unpaired) electrons. The molecular formula is C10H24N2. The zero-order chi connectivity index (χ0) is 9.40. The Morgan fingerprint density at radius 2 is 1.92 bits per heavy atom. The minimum atomic E-state index is 0.518. The number of hydrogen-bond donors (Lipinski definition) is 2. The summed E-state index contributed by atoms with van der Waals surface area (Å²) in [5.74, 6) is 0.714. The van der Waals surface area contributed by atoms with Gasteiger partial charge in [0.05, 0.1) is 0 Å². The van der Waals surface area contributed by atoms with Crippen LogP contribution in [0.1, 0.15) is 40.0 Å². The molecule has 0 aromatic heterocycles. The summed E-state index contributed by atoms with van der Waals surface area (Å²) in [7, 11) is 0. The SMILES string of the molecule is CCCNC(CN)C(C)CCC. The van der Waals surface area contributed by atoms with E-state index in [9.17, 15) is 0 Å². The van der Waals surface area contributed by atoms with Crippen molar-refractivity contribution in [3.63, 3.8) is 0 Å². The summed E-state index contributed by atoms with van der Waals surface area (Å²) < 4.78 is 0. The molecule has 74 valence electrons. The van der Waals surface area contributed by atoms with Gasteiger partial charge in [0.15, 0.2) is 0 Å². The van der Waals surface area contributed by atoms with Crippen LogP contribution in [0.25, 0.3) is 0 Å². The van der Waals surface area contributed by atoms with Crippen molar-refractivity contribution >= 4 is 0 Å². The molecular weight excluding hydrogens is 148 g/mol. The van der Waals surface area contributed by atoms with Gasteiger partial charge in [-0.25, -0.2) is 0 Å². The van der Waals surface area contributed by atoms with Crippen molar-refractivity contribution in [1.29, 1.82) is 0 Å². The maximum absolute atomic E-state index is 5.68. The second kappa shape index (κ2) is 7.56. The lowest BCUT2D eigenvalue weighted by Crippen LogP contribution is -2.41. The molecule has 12 heavy (non-hydrogen) atoms. The molecule has 0 aliphatic heterocycles. The van der Waals surface area contributed by atoms with E-state index in [4.69, 9.17) is 5.73 Å². The Hall–Kier alpha value is -0.0800. The molecule has 0 amide bonds. The molecule has 0 aromatic carbocycles. The number of rotatable bonds is 7. The first-order valence-electron chi connectivity index (χ1n) is 5.19. The van der Waals surface area contributed by atoms with Crippen LogP contribution in [0, 0.1) is 5.92 Å². The van der Waals surface area contributed by atoms with Gasteiger partial charge in [-0.2, -0.15) is 0 Å². The number of hydrogen-bond acceptors (Lipinski definition) is 2. The first-order valence-corrected chi connectivity index (χ1v) is 5.19. The first kappa shape index (κ1) is 11.9. The van der Waals surface area contributed by atoms with E-state index < -0.39 is 0 Å². The van der Waals surface area contributed by atoms with Gasteiger partial charge in [0.25, 0.3) is 0 Å². The van der Waals surface area contributed by atoms with Crippen molar-refractivity contribution in [2.75, 3.05) is 13.1 Å². The molecule has 0 rings (SSSR count). The molecule has 0 saturated carbocycles. The fourth-order valence-electron chi connectivity index (χ4n) is 1.50. The molecule has 0 heterocycles. The van der Waals surface area contributed by atoms with E-state index in [-0.39, 0.29) is 0 Å². The molecule has 2 unspecified atom stereocenters. The summed E-state index contributed by atoms with van der Waals surface area (Å²) in [5, 5.41) is 3.48. The lowest BCUT2D eigenvalue weighted by atomic mass is 9.97. The summed E-state index contributed by atoms with van der Waals surface area (Å²) in [6.07, 6.45) is 3.72. The van der Waals surface area contributed by atoms with Gasteiger partial charge >= 0.3 is 0 Å². The third-order valence-corrected chi connectivity index (χ3v) is 2.34. The van der Waals surface area contributed by atoms with Gasteiger partial charge in [-0.15, -0.1) is 0 Å². The van der Waals surface area contributed by atoms with E-state index in [0.29, 0.717) is 12.0 Å². The lowest BCUT2D eigenvalue weighted by molar-refractivity contribution is 0.361. The number of nitrogens with two attached hydrogens (primary N) is 1. The Morgan fingerprint density at radius 3 is 2.33 bits per heavy atom. The van der Waals surface area contributed by atoms with E-state index >= 15 is 0 Å². The Labute approximate surface area is 76.9 Å². The minimum Gasteiger partial charge on any atom is -0.329 e. The van der Waals surface area contributed by atoms with Crippen molar-refractivity contribution in [3.8, 4) is 0 Å². The van der Waals surface area contributed by atoms with Crippen molar-refractivity contribution in [2.24, 2.45) is 11.7 Å². The standard InChI is InChI=1S/C10H24N2/c1-4-6-9(3)10(8-11)12-7-5-2/h9-10,12H,4-8,11H2,1-3H3. The van der Waals surface area contributed by atoms with Crippen molar-refractivity contribution in [3.05, 3.63) is 0 Å². The smallest absolute Gasteiger partial charge is 0.0215 e. The summed E-state index contributed by atoms with van der Waals surface area (Å²) in [6.45, 7) is 8.55. The van der Waals surface area contributed by atoms with Crippen LogP contribution < -0.4 is 11.1 Å². The van der Waals surface area contributed by atoms with Gasteiger partial charge in [0, 0.05) is 12.6 Å². The molecule has 3 N–H and O–H groups in total. The van der Waals surface area contributed by atoms with E-state index in [1.165, 1.54) is 19.3 Å². The molecule has 2 heteroatoms. The van der Waals surface area contributed by atoms with Gasteiger partial charge in [-0.3, -0.25) is 0 Å². The third-order valence-electron chi connectivity index (χ3n) is 2.34. The van der Waals surface area contributed by atoms with E-state index in [0.717, 1.165) is 13.1 Å². The van der Waals surface area contributed by atoms with Crippen molar-refractivity contribution in [1.82, 2.24) is 5.32 Å². The Bertz CT molecular complexity index is 93.8. The largest absolute Gasteiger partial charge is 0.329 e. The molecule has 2 nitrogen and oxygen atoms in total. The molecule has 2 atom stereocenters. The number of nitrogens with one attached hydrogen (secondary N) is 1. The molecule has 0 bridgehead atoms. The molecule has 0 spiro atoms. The highest BCUT2D eigenvalue weighted by Gasteiger charge is 2.12. The quantitative estimate of drug-likeness (QED) is 0.614. The zero-order valence-electron chi connectivity index (χ0n) is 8.77. The summed E-state index contributed by atoms with van der Waals surface area (Å²) in [4.78, 5) is 0. The minimum absolute atomic E-state index is 0.518. The third kappa shape index (κ3) is 4.73. The molecule has 0 fully saturated rings. The van der Waals surface area contributed by atoms with E-state index in [1.807, 2.05) is 0 Å². The molecule has 0 aromatic rings. The van der Waals surface area contributed by atoms with Crippen LogP contribution in [0.3, 0.4) is 0 Å². The fraction of sp³-hybridized carbons (Fsp3) is 1.00. The second-order valence-electron chi connectivity index (χ2n) is 3.56. The van der Waals surface area contributed by atoms with Crippen LogP contribution >= 0.6 is 0 Å². The fourth-order valence-corrected chi connectivity index (χ4v) is 1.50. The molecule has 0 aliphatic carbocycles. The van der Waals surface area contributed by atoms with Crippen LogP contribution in [-0.2, 0) is 0 Å². The molecule has 0 saturated heterocycles. The van der Waals surface area contributed by atoms with Crippen LogP contribution in [0.4, 0.5) is 0 Å². The van der Waals surface area contributed by atoms with Gasteiger partial charge in [0.1, 0.15) is 0 Å². The lowest BCUT2D eigenvalue weighted by Gasteiger charge is -2.23.